The van der Waals surface area contributed by atoms with Crippen molar-refractivity contribution in [3.05, 3.63) is 11.6 Å². The van der Waals surface area contributed by atoms with Crippen molar-refractivity contribution in [2.75, 3.05) is 6.61 Å². The van der Waals surface area contributed by atoms with E-state index in [0.29, 0.717) is 24.2 Å². The standard InChI is InChI=1S/C30H48O5/c1-17-9-12-30(25(34)35)14-13-28(5)19(23(30)18(17)2)7-8-22-26(3)15-20(32)24(33)27(4,16-31)21(26)10-11-29(22,28)6/h7,17-18,20-24,31-33H,8-16H2,1-6H3,(H,34,35)/t17-,18+,20-,21?,22?,23+,24-,26+,27+,28-,29-,30+/m1/s1. The van der Waals surface area contributed by atoms with E-state index >= 15 is 0 Å². The summed E-state index contributed by atoms with van der Waals surface area (Å²) in [6.07, 6.45) is 7.51. The molecule has 5 rings (SSSR count). The fourth-order valence-corrected chi connectivity index (χ4v) is 11.0. The van der Waals surface area contributed by atoms with Crippen molar-refractivity contribution in [3.8, 4) is 0 Å². The molecule has 198 valence electrons. The zero-order valence-corrected chi connectivity index (χ0v) is 22.7. The second-order valence-electron chi connectivity index (χ2n) is 14.5. The third kappa shape index (κ3) is 2.95. The highest BCUT2D eigenvalue weighted by atomic mass is 16.4. The molecule has 0 saturated heterocycles. The fourth-order valence-electron chi connectivity index (χ4n) is 11.0. The maximum Gasteiger partial charge on any atom is 0.310 e. The van der Waals surface area contributed by atoms with Gasteiger partial charge in [0.25, 0.3) is 0 Å². The molecule has 0 aromatic heterocycles. The number of hydrogen-bond donors (Lipinski definition) is 4. The van der Waals surface area contributed by atoms with Crippen LogP contribution >= 0.6 is 0 Å². The maximum absolute atomic E-state index is 12.8. The number of carboxylic acid groups (broad SMARTS) is 1. The summed E-state index contributed by atoms with van der Waals surface area (Å²) in [6.45, 7) is 13.6. The van der Waals surface area contributed by atoms with E-state index in [1.165, 1.54) is 5.57 Å². The molecule has 0 radical (unpaired) electrons. The molecule has 5 aliphatic rings. The number of allylic oxidation sites excluding steroid dienone is 2. The van der Waals surface area contributed by atoms with Crippen molar-refractivity contribution < 1.29 is 25.2 Å². The number of hydrogen-bond acceptors (Lipinski definition) is 4. The van der Waals surface area contributed by atoms with Crippen molar-refractivity contribution in [1.82, 2.24) is 0 Å². The van der Waals surface area contributed by atoms with Gasteiger partial charge < -0.3 is 20.4 Å². The third-order valence-electron chi connectivity index (χ3n) is 13.5. The lowest BCUT2D eigenvalue weighted by molar-refractivity contribution is -0.244. The Labute approximate surface area is 211 Å². The van der Waals surface area contributed by atoms with Gasteiger partial charge in [-0.05, 0) is 97.2 Å². The summed E-state index contributed by atoms with van der Waals surface area (Å²) in [5.41, 5.74) is -0.214. The monoisotopic (exact) mass is 488 g/mol. The van der Waals surface area contributed by atoms with Crippen molar-refractivity contribution in [3.63, 3.8) is 0 Å². The Hall–Kier alpha value is -0.910. The van der Waals surface area contributed by atoms with Crippen LogP contribution in [0.5, 0.6) is 0 Å². The van der Waals surface area contributed by atoms with E-state index in [9.17, 15) is 25.2 Å². The van der Waals surface area contributed by atoms with E-state index < -0.39 is 29.0 Å². The van der Waals surface area contributed by atoms with Crippen LogP contribution in [-0.2, 0) is 4.79 Å². The van der Waals surface area contributed by atoms with Crippen LogP contribution in [0.25, 0.3) is 0 Å². The van der Waals surface area contributed by atoms with Crippen LogP contribution in [0, 0.1) is 56.7 Å². The van der Waals surface area contributed by atoms with Crippen LogP contribution in [0.2, 0.25) is 0 Å². The summed E-state index contributed by atoms with van der Waals surface area (Å²) in [5, 5.41) is 42.9. The van der Waals surface area contributed by atoms with Gasteiger partial charge in [0, 0.05) is 5.41 Å². The van der Waals surface area contributed by atoms with Crippen LogP contribution in [0.4, 0.5) is 0 Å². The van der Waals surface area contributed by atoms with Gasteiger partial charge in [-0.3, -0.25) is 4.79 Å². The van der Waals surface area contributed by atoms with E-state index in [4.69, 9.17) is 0 Å². The molecular weight excluding hydrogens is 440 g/mol. The van der Waals surface area contributed by atoms with Crippen LogP contribution in [-0.4, -0.2) is 45.2 Å². The molecule has 4 saturated carbocycles. The van der Waals surface area contributed by atoms with Gasteiger partial charge in [0.05, 0.1) is 24.2 Å². The Morgan fingerprint density at radius 3 is 2.31 bits per heavy atom. The van der Waals surface area contributed by atoms with Crippen LogP contribution in [0.3, 0.4) is 0 Å². The number of aliphatic hydroxyl groups is 3. The van der Waals surface area contributed by atoms with Gasteiger partial charge in [0.2, 0.25) is 0 Å². The largest absolute Gasteiger partial charge is 0.481 e. The summed E-state index contributed by atoms with van der Waals surface area (Å²) >= 11 is 0. The zero-order valence-electron chi connectivity index (χ0n) is 22.7. The molecule has 4 N–H and O–H groups in total. The number of carbonyl (C=O) groups is 1. The topological polar surface area (TPSA) is 98.0 Å². The lowest BCUT2D eigenvalue weighted by atomic mass is 9.33. The molecular formula is C30H48O5. The first-order valence-electron chi connectivity index (χ1n) is 14.1. The van der Waals surface area contributed by atoms with Gasteiger partial charge in [-0.15, -0.1) is 0 Å². The average molecular weight is 489 g/mol. The summed E-state index contributed by atoms with van der Waals surface area (Å²) in [5.74, 6) is 0.828. The molecule has 5 heteroatoms. The molecule has 12 atom stereocenters. The predicted octanol–water partition coefficient (Wildman–Crippen LogP) is 5.03. The minimum atomic E-state index is -0.907. The number of aliphatic carboxylic acids is 1. The number of rotatable bonds is 2. The third-order valence-corrected chi connectivity index (χ3v) is 13.5. The molecule has 5 aliphatic carbocycles. The molecule has 0 aromatic carbocycles. The van der Waals surface area contributed by atoms with Gasteiger partial charge in [-0.1, -0.05) is 53.2 Å². The molecule has 0 heterocycles. The lowest BCUT2D eigenvalue weighted by Gasteiger charge is -2.71. The quantitative estimate of drug-likeness (QED) is 0.409. The molecule has 5 nitrogen and oxygen atoms in total. The Balaban J connectivity index is 1.62. The number of carboxylic acids is 1. The van der Waals surface area contributed by atoms with Crippen molar-refractivity contribution in [2.45, 2.75) is 105 Å². The lowest BCUT2D eigenvalue weighted by Crippen LogP contribution is -2.68. The van der Waals surface area contributed by atoms with Crippen LogP contribution in [0.15, 0.2) is 11.6 Å². The first-order valence-corrected chi connectivity index (χ1v) is 14.1. The first kappa shape index (κ1) is 25.7. The summed E-state index contributed by atoms with van der Waals surface area (Å²) in [6, 6.07) is 0. The minimum Gasteiger partial charge on any atom is -0.481 e. The van der Waals surface area contributed by atoms with Crippen molar-refractivity contribution >= 4 is 5.97 Å². The van der Waals surface area contributed by atoms with E-state index in [0.717, 1.165) is 44.9 Å². The molecule has 0 aliphatic heterocycles. The summed E-state index contributed by atoms with van der Waals surface area (Å²) in [7, 11) is 0. The molecule has 0 aromatic rings. The molecule has 4 fully saturated rings. The molecule has 0 spiro atoms. The first-order chi connectivity index (χ1) is 16.2. The fraction of sp³-hybridized carbons (Fsp3) is 0.900. The SMILES string of the molecule is C[C@H]1[C@H](C)CC[C@]2(C(=O)O)CC[C@]3(C)C(=CCC4[C@@]5(C)C[C@@H](O)[C@@H](O)[C@@](C)(CO)C5CC[C@]43C)[C@H]12. The smallest absolute Gasteiger partial charge is 0.310 e. The zero-order chi connectivity index (χ0) is 25.8. The van der Waals surface area contributed by atoms with Crippen LogP contribution in [0.1, 0.15) is 92.9 Å². The van der Waals surface area contributed by atoms with E-state index in [2.05, 4.69) is 40.7 Å². The minimum absolute atomic E-state index is 0.00815. The van der Waals surface area contributed by atoms with Gasteiger partial charge in [-0.2, -0.15) is 0 Å². The summed E-state index contributed by atoms with van der Waals surface area (Å²) in [4.78, 5) is 12.8. The maximum atomic E-state index is 12.8. The second kappa shape index (κ2) is 7.80. The Bertz CT molecular complexity index is 930. The van der Waals surface area contributed by atoms with E-state index in [1.807, 2.05) is 6.92 Å². The van der Waals surface area contributed by atoms with Crippen LogP contribution < -0.4 is 0 Å². The Morgan fingerprint density at radius 2 is 1.69 bits per heavy atom. The van der Waals surface area contributed by atoms with Crippen molar-refractivity contribution in [2.24, 2.45) is 56.7 Å². The van der Waals surface area contributed by atoms with Gasteiger partial charge in [-0.25, -0.2) is 0 Å². The normalized spacial score (nSPS) is 57.7. The highest BCUT2D eigenvalue weighted by Crippen LogP contribution is 2.75. The van der Waals surface area contributed by atoms with Gasteiger partial charge in [0.15, 0.2) is 0 Å². The predicted molar refractivity (Wildman–Crippen MR) is 135 cm³/mol. The molecule has 35 heavy (non-hydrogen) atoms. The van der Waals surface area contributed by atoms with Gasteiger partial charge in [0.1, 0.15) is 0 Å². The average Bonchev–Trinajstić information content (AvgIpc) is 2.80. The second-order valence-corrected chi connectivity index (χ2v) is 14.5. The van der Waals surface area contributed by atoms with Gasteiger partial charge >= 0.3 is 5.97 Å². The summed E-state index contributed by atoms with van der Waals surface area (Å²) < 4.78 is 0. The Kier molecular flexibility index (Phi) is 5.73. The molecule has 2 unspecified atom stereocenters. The van der Waals surface area contributed by atoms with E-state index in [-0.39, 0.29) is 34.7 Å². The Morgan fingerprint density at radius 1 is 1.00 bits per heavy atom. The molecule has 0 amide bonds. The highest BCUT2D eigenvalue weighted by molar-refractivity contribution is 5.76. The number of fused-ring (bicyclic) bond motifs is 7. The molecule has 0 bridgehead atoms. The highest BCUT2D eigenvalue weighted by Gasteiger charge is 2.70. The number of aliphatic hydroxyl groups excluding tert-OH is 3. The van der Waals surface area contributed by atoms with Crippen molar-refractivity contribution in [1.29, 1.82) is 0 Å². The van der Waals surface area contributed by atoms with E-state index in [1.54, 1.807) is 0 Å².